The second-order valence-corrected chi connectivity index (χ2v) is 7.47. The van der Waals surface area contributed by atoms with E-state index in [2.05, 4.69) is 0 Å². The van der Waals surface area contributed by atoms with E-state index in [1.54, 1.807) is 0 Å². The summed E-state index contributed by atoms with van der Waals surface area (Å²) >= 11 is 0. The molecule has 0 aliphatic heterocycles. The molecule has 0 spiro atoms. The van der Waals surface area contributed by atoms with Gasteiger partial charge in [0.15, 0.2) is 0 Å². The minimum absolute atomic E-state index is 0.0218. The topological polar surface area (TPSA) is 0 Å². The quantitative estimate of drug-likeness (QED) is 0.637. The van der Waals surface area contributed by atoms with Gasteiger partial charge in [-0.25, -0.2) is 8.78 Å². The number of rotatable bonds is 2. The summed E-state index contributed by atoms with van der Waals surface area (Å²) in [6, 6.07) is 0. The zero-order valence-corrected chi connectivity index (χ0v) is 12.2. The van der Waals surface area contributed by atoms with Crippen LogP contribution in [0.25, 0.3) is 0 Å². The summed E-state index contributed by atoms with van der Waals surface area (Å²) in [7, 11) is 0. The molecule has 3 rings (SSSR count). The lowest BCUT2D eigenvalue weighted by molar-refractivity contribution is -0.0110. The minimum atomic E-state index is -1.21. The van der Waals surface area contributed by atoms with Gasteiger partial charge in [0.05, 0.1) is 0 Å². The van der Waals surface area contributed by atoms with Gasteiger partial charge in [0.1, 0.15) is 12.3 Å². The predicted molar refractivity (Wildman–Crippen MR) is 74.5 cm³/mol. The third-order valence-corrected chi connectivity index (χ3v) is 6.45. The minimum Gasteiger partial charge on any atom is -0.244 e. The van der Waals surface area contributed by atoms with Gasteiger partial charge in [-0.3, -0.25) is 0 Å². The average Bonchev–Trinajstić information content (AvgIpc) is 2.36. The van der Waals surface area contributed by atoms with Crippen LogP contribution in [-0.4, -0.2) is 12.3 Å². The number of hydrogen-bond acceptors (Lipinski definition) is 0. The Balaban J connectivity index is 1.53. The molecule has 2 heteroatoms. The molecule has 0 aromatic heterocycles. The molecule has 110 valence electrons. The highest BCUT2D eigenvalue weighted by Gasteiger charge is 2.43. The second-order valence-electron chi connectivity index (χ2n) is 7.47. The van der Waals surface area contributed by atoms with Gasteiger partial charge in [-0.15, -0.1) is 0 Å². The molecule has 19 heavy (non-hydrogen) atoms. The maximum Gasteiger partial charge on any atom is 0.134 e. The summed E-state index contributed by atoms with van der Waals surface area (Å²) < 4.78 is 28.1. The molecule has 0 aromatic rings. The van der Waals surface area contributed by atoms with E-state index in [1.165, 1.54) is 32.1 Å². The summed E-state index contributed by atoms with van der Waals surface area (Å²) in [5, 5.41) is 0. The van der Waals surface area contributed by atoms with E-state index in [1.807, 2.05) is 6.92 Å². The van der Waals surface area contributed by atoms with Crippen molar-refractivity contribution in [2.75, 3.05) is 0 Å². The first-order chi connectivity index (χ1) is 9.16. The Labute approximate surface area is 116 Å². The molecule has 0 amide bonds. The molecule has 0 aromatic carbocycles. The molecule has 0 heterocycles. The van der Waals surface area contributed by atoms with Crippen molar-refractivity contribution >= 4 is 0 Å². The van der Waals surface area contributed by atoms with Crippen LogP contribution in [0.5, 0.6) is 0 Å². The van der Waals surface area contributed by atoms with Crippen LogP contribution in [0, 0.1) is 29.6 Å². The number of hydrogen-bond donors (Lipinski definition) is 0. The van der Waals surface area contributed by atoms with E-state index in [4.69, 9.17) is 0 Å². The van der Waals surface area contributed by atoms with Crippen molar-refractivity contribution in [2.45, 2.75) is 77.1 Å². The molecule has 3 fully saturated rings. The van der Waals surface area contributed by atoms with Gasteiger partial charge in [0.25, 0.3) is 0 Å². The van der Waals surface area contributed by atoms with Crippen molar-refractivity contribution < 1.29 is 8.78 Å². The standard InChI is InChI=1S/C17H28F2/c1-11-5-10-15(17(19)16(11)18)14-8-6-13(7-9-14)12-3-2-4-12/h11-17H,2-10H2,1H3. The fraction of sp³-hybridized carbons (Fsp3) is 1.00. The Morgan fingerprint density at radius 2 is 1.21 bits per heavy atom. The van der Waals surface area contributed by atoms with Crippen molar-refractivity contribution in [1.29, 1.82) is 0 Å². The molecule has 0 radical (unpaired) electrons. The largest absolute Gasteiger partial charge is 0.244 e. The Kier molecular flexibility index (Phi) is 4.14. The highest BCUT2D eigenvalue weighted by Crippen LogP contribution is 2.47. The van der Waals surface area contributed by atoms with Crippen LogP contribution in [0.1, 0.15) is 64.7 Å². The van der Waals surface area contributed by atoms with Crippen LogP contribution in [0.2, 0.25) is 0 Å². The number of alkyl halides is 2. The monoisotopic (exact) mass is 270 g/mol. The smallest absolute Gasteiger partial charge is 0.134 e. The predicted octanol–water partition coefficient (Wildman–Crippen LogP) is 5.32. The molecule has 0 bridgehead atoms. The third-order valence-electron chi connectivity index (χ3n) is 6.45. The molecular formula is C17H28F2. The summed E-state index contributed by atoms with van der Waals surface area (Å²) in [5.74, 6) is 2.30. The van der Waals surface area contributed by atoms with Gasteiger partial charge in [0.2, 0.25) is 0 Å². The van der Waals surface area contributed by atoms with E-state index in [9.17, 15) is 8.78 Å². The molecular weight excluding hydrogens is 242 g/mol. The van der Waals surface area contributed by atoms with E-state index in [0.29, 0.717) is 5.92 Å². The highest BCUT2D eigenvalue weighted by molar-refractivity contribution is 4.92. The fourth-order valence-electron chi connectivity index (χ4n) is 4.78. The summed E-state index contributed by atoms with van der Waals surface area (Å²) in [6.07, 6.45) is 8.56. The van der Waals surface area contributed by atoms with E-state index < -0.39 is 12.3 Å². The average molecular weight is 270 g/mol. The first-order valence-corrected chi connectivity index (χ1v) is 8.45. The van der Waals surface area contributed by atoms with Crippen LogP contribution in [0.15, 0.2) is 0 Å². The molecule has 4 atom stereocenters. The zero-order chi connectivity index (χ0) is 13.4. The lowest BCUT2D eigenvalue weighted by Gasteiger charge is -2.43. The highest BCUT2D eigenvalue weighted by atomic mass is 19.2. The third kappa shape index (κ3) is 2.69. The summed E-state index contributed by atoms with van der Waals surface area (Å²) in [6.45, 7) is 1.86. The van der Waals surface area contributed by atoms with Crippen molar-refractivity contribution in [2.24, 2.45) is 29.6 Å². The lowest BCUT2D eigenvalue weighted by Crippen LogP contribution is -2.41. The lowest BCUT2D eigenvalue weighted by atomic mass is 9.64. The van der Waals surface area contributed by atoms with Crippen LogP contribution >= 0.6 is 0 Å². The van der Waals surface area contributed by atoms with Crippen molar-refractivity contribution in [1.82, 2.24) is 0 Å². The van der Waals surface area contributed by atoms with Gasteiger partial charge in [0, 0.05) is 0 Å². The maximum atomic E-state index is 14.2. The van der Waals surface area contributed by atoms with Crippen molar-refractivity contribution in [3.63, 3.8) is 0 Å². The Morgan fingerprint density at radius 3 is 1.79 bits per heavy atom. The van der Waals surface area contributed by atoms with Gasteiger partial charge in [-0.2, -0.15) is 0 Å². The van der Waals surface area contributed by atoms with Crippen LogP contribution in [-0.2, 0) is 0 Å². The van der Waals surface area contributed by atoms with Gasteiger partial charge in [-0.1, -0.05) is 26.2 Å². The Hall–Kier alpha value is -0.140. The second kappa shape index (κ2) is 5.69. The van der Waals surface area contributed by atoms with E-state index in [-0.39, 0.29) is 11.8 Å². The van der Waals surface area contributed by atoms with Crippen LogP contribution < -0.4 is 0 Å². The molecule has 3 aliphatic rings. The van der Waals surface area contributed by atoms with Gasteiger partial charge < -0.3 is 0 Å². The van der Waals surface area contributed by atoms with Crippen LogP contribution in [0.3, 0.4) is 0 Å². The van der Waals surface area contributed by atoms with Crippen LogP contribution in [0.4, 0.5) is 8.78 Å². The summed E-state index contributed by atoms with van der Waals surface area (Å²) in [4.78, 5) is 0. The van der Waals surface area contributed by atoms with Gasteiger partial charge in [-0.05, 0) is 68.1 Å². The molecule has 3 saturated carbocycles. The van der Waals surface area contributed by atoms with E-state index in [0.717, 1.165) is 37.5 Å². The van der Waals surface area contributed by atoms with E-state index >= 15 is 0 Å². The molecule has 3 aliphatic carbocycles. The number of halogens is 2. The first-order valence-electron chi connectivity index (χ1n) is 8.45. The maximum absolute atomic E-state index is 14.2. The Morgan fingerprint density at radius 1 is 0.632 bits per heavy atom. The molecule has 4 unspecified atom stereocenters. The molecule has 0 nitrogen and oxygen atoms in total. The Bertz CT molecular complexity index is 292. The summed E-state index contributed by atoms with van der Waals surface area (Å²) in [5.41, 5.74) is 0. The van der Waals surface area contributed by atoms with Crippen molar-refractivity contribution in [3.8, 4) is 0 Å². The SMILES string of the molecule is CC1CCC(C2CCC(C3CCC3)CC2)C(F)C1F. The van der Waals surface area contributed by atoms with Gasteiger partial charge >= 0.3 is 0 Å². The molecule has 0 saturated heterocycles. The first kappa shape index (κ1) is 13.8. The van der Waals surface area contributed by atoms with Crippen molar-refractivity contribution in [3.05, 3.63) is 0 Å². The zero-order valence-electron chi connectivity index (χ0n) is 12.2. The normalized spacial score (nSPS) is 48.8. The fourth-order valence-corrected chi connectivity index (χ4v) is 4.78. The molecule has 0 N–H and O–H groups in total.